The first-order valence-corrected chi connectivity index (χ1v) is 5.90. The molecule has 16 heavy (non-hydrogen) atoms. The lowest BCUT2D eigenvalue weighted by Crippen LogP contribution is -2.46. The van der Waals surface area contributed by atoms with E-state index in [4.69, 9.17) is 0 Å². The van der Waals surface area contributed by atoms with E-state index in [-0.39, 0.29) is 5.82 Å². The molecule has 0 spiro atoms. The highest BCUT2D eigenvalue weighted by Gasteiger charge is 2.24. The van der Waals surface area contributed by atoms with Crippen molar-refractivity contribution in [2.45, 2.75) is 31.8 Å². The number of nitrogens with one attached hydrogen (secondary N) is 1. The quantitative estimate of drug-likeness (QED) is 0.826. The fourth-order valence-corrected chi connectivity index (χ4v) is 2.45. The first-order chi connectivity index (χ1) is 7.70. The van der Waals surface area contributed by atoms with Crippen LogP contribution in [-0.4, -0.2) is 25.7 Å². The molecule has 1 N–H and O–H groups in total. The van der Waals surface area contributed by atoms with E-state index >= 15 is 0 Å². The van der Waals surface area contributed by atoms with Crippen molar-refractivity contribution in [1.29, 1.82) is 0 Å². The SMILES string of the molecule is CNC1CCN(c2ccc(F)cc2)C(C)C1. The molecule has 0 amide bonds. The van der Waals surface area contributed by atoms with Crippen LogP contribution < -0.4 is 10.2 Å². The Balaban J connectivity index is 2.08. The Morgan fingerprint density at radius 1 is 1.31 bits per heavy atom. The van der Waals surface area contributed by atoms with Gasteiger partial charge >= 0.3 is 0 Å². The molecule has 1 aliphatic rings. The van der Waals surface area contributed by atoms with Crippen LogP contribution in [0.5, 0.6) is 0 Å². The summed E-state index contributed by atoms with van der Waals surface area (Å²) in [7, 11) is 2.02. The number of benzene rings is 1. The fourth-order valence-electron chi connectivity index (χ4n) is 2.45. The first-order valence-electron chi connectivity index (χ1n) is 5.90. The van der Waals surface area contributed by atoms with E-state index in [1.54, 1.807) is 0 Å². The van der Waals surface area contributed by atoms with Crippen LogP contribution in [0.2, 0.25) is 0 Å². The Morgan fingerprint density at radius 3 is 2.56 bits per heavy atom. The molecule has 3 heteroatoms. The number of anilines is 1. The minimum Gasteiger partial charge on any atom is -0.369 e. The van der Waals surface area contributed by atoms with Crippen molar-refractivity contribution in [3.05, 3.63) is 30.1 Å². The van der Waals surface area contributed by atoms with Crippen LogP contribution in [0.15, 0.2) is 24.3 Å². The normalized spacial score (nSPS) is 25.8. The van der Waals surface area contributed by atoms with E-state index in [0.29, 0.717) is 12.1 Å². The minimum atomic E-state index is -0.165. The molecule has 0 saturated carbocycles. The largest absolute Gasteiger partial charge is 0.369 e. The summed E-state index contributed by atoms with van der Waals surface area (Å²) in [5.74, 6) is -0.165. The van der Waals surface area contributed by atoms with Gasteiger partial charge in [0.05, 0.1) is 0 Å². The van der Waals surface area contributed by atoms with Gasteiger partial charge in [-0.3, -0.25) is 0 Å². The average molecular weight is 222 g/mol. The molecule has 88 valence electrons. The lowest BCUT2D eigenvalue weighted by Gasteiger charge is -2.39. The maximum Gasteiger partial charge on any atom is 0.123 e. The van der Waals surface area contributed by atoms with Gasteiger partial charge in [0.25, 0.3) is 0 Å². The summed E-state index contributed by atoms with van der Waals surface area (Å²) in [6.45, 7) is 3.27. The van der Waals surface area contributed by atoms with Gasteiger partial charge in [-0.15, -0.1) is 0 Å². The van der Waals surface area contributed by atoms with Crippen LogP contribution in [0.1, 0.15) is 19.8 Å². The molecule has 2 nitrogen and oxygen atoms in total. The molecular weight excluding hydrogens is 203 g/mol. The maximum atomic E-state index is 12.8. The number of piperidine rings is 1. The molecule has 1 heterocycles. The summed E-state index contributed by atoms with van der Waals surface area (Å²) in [5, 5.41) is 3.33. The van der Waals surface area contributed by atoms with Gasteiger partial charge in [-0.25, -0.2) is 4.39 Å². The topological polar surface area (TPSA) is 15.3 Å². The van der Waals surface area contributed by atoms with E-state index in [9.17, 15) is 4.39 Å². The molecule has 1 aromatic rings. The maximum absolute atomic E-state index is 12.8. The second-order valence-electron chi connectivity index (χ2n) is 4.53. The molecule has 2 atom stereocenters. The zero-order valence-electron chi connectivity index (χ0n) is 9.91. The molecule has 2 unspecified atom stereocenters. The predicted octanol–water partition coefficient (Wildman–Crippen LogP) is 2.40. The number of nitrogens with zero attached hydrogens (tertiary/aromatic N) is 1. The first kappa shape index (κ1) is 11.4. The molecular formula is C13H19FN2. The van der Waals surface area contributed by atoms with E-state index in [1.807, 2.05) is 19.2 Å². The zero-order chi connectivity index (χ0) is 11.5. The number of hydrogen-bond donors (Lipinski definition) is 1. The Labute approximate surface area is 96.5 Å². The van der Waals surface area contributed by atoms with Gasteiger partial charge in [-0.2, -0.15) is 0 Å². The summed E-state index contributed by atoms with van der Waals surface area (Å²) in [4.78, 5) is 2.35. The van der Waals surface area contributed by atoms with Crippen molar-refractivity contribution in [3.63, 3.8) is 0 Å². The molecule has 1 aromatic carbocycles. The van der Waals surface area contributed by atoms with Crippen LogP contribution in [0, 0.1) is 5.82 Å². The van der Waals surface area contributed by atoms with Gasteiger partial charge < -0.3 is 10.2 Å². The van der Waals surface area contributed by atoms with Gasteiger partial charge in [-0.1, -0.05) is 0 Å². The summed E-state index contributed by atoms with van der Waals surface area (Å²) in [6, 6.07) is 7.93. The lowest BCUT2D eigenvalue weighted by atomic mass is 9.98. The standard InChI is InChI=1S/C13H19FN2/c1-10-9-12(15-2)7-8-16(10)13-5-3-11(14)4-6-13/h3-6,10,12,15H,7-9H2,1-2H3. The van der Waals surface area contributed by atoms with Crippen LogP contribution >= 0.6 is 0 Å². The van der Waals surface area contributed by atoms with Crippen molar-refractivity contribution in [3.8, 4) is 0 Å². The Kier molecular flexibility index (Phi) is 3.44. The number of rotatable bonds is 2. The lowest BCUT2D eigenvalue weighted by molar-refractivity contribution is 0.387. The smallest absolute Gasteiger partial charge is 0.123 e. The van der Waals surface area contributed by atoms with E-state index in [1.165, 1.54) is 12.1 Å². The highest BCUT2D eigenvalue weighted by atomic mass is 19.1. The summed E-state index contributed by atoms with van der Waals surface area (Å²) < 4.78 is 12.8. The molecule has 0 aliphatic carbocycles. The van der Waals surface area contributed by atoms with Crippen molar-refractivity contribution in [2.75, 3.05) is 18.5 Å². The van der Waals surface area contributed by atoms with Crippen molar-refractivity contribution in [1.82, 2.24) is 5.32 Å². The van der Waals surface area contributed by atoms with Gasteiger partial charge in [-0.05, 0) is 51.1 Å². The van der Waals surface area contributed by atoms with Gasteiger partial charge in [0.1, 0.15) is 5.82 Å². The van der Waals surface area contributed by atoms with Gasteiger partial charge in [0.2, 0.25) is 0 Å². The van der Waals surface area contributed by atoms with E-state index in [0.717, 1.165) is 25.1 Å². The second-order valence-corrected chi connectivity index (χ2v) is 4.53. The number of halogens is 1. The number of hydrogen-bond acceptors (Lipinski definition) is 2. The summed E-state index contributed by atoms with van der Waals surface area (Å²) in [6.07, 6.45) is 2.30. The molecule has 2 rings (SSSR count). The molecule has 0 radical (unpaired) electrons. The third kappa shape index (κ3) is 2.35. The Hall–Kier alpha value is -1.09. The monoisotopic (exact) mass is 222 g/mol. The van der Waals surface area contributed by atoms with Gasteiger partial charge in [0.15, 0.2) is 0 Å². The Bertz CT molecular complexity index is 336. The average Bonchev–Trinajstić information content (AvgIpc) is 2.30. The van der Waals surface area contributed by atoms with E-state index in [2.05, 4.69) is 17.1 Å². The molecule has 1 aliphatic heterocycles. The second kappa shape index (κ2) is 4.83. The highest BCUT2D eigenvalue weighted by Crippen LogP contribution is 2.24. The zero-order valence-corrected chi connectivity index (χ0v) is 9.91. The third-order valence-corrected chi connectivity index (χ3v) is 3.44. The third-order valence-electron chi connectivity index (χ3n) is 3.44. The van der Waals surface area contributed by atoms with Crippen LogP contribution in [0.25, 0.3) is 0 Å². The van der Waals surface area contributed by atoms with Gasteiger partial charge in [0, 0.05) is 24.3 Å². The van der Waals surface area contributed by atoms with Crippen LogP contribution in [0.3, 0.4) is 0 Å². The van der Waals surface area contributed by atoms with E-state index < -0.39 is 0 Å². The Morgan fingerprint density at radius 2 is 2.00 bits per heavy atom. The molecule has 1 saturated heterocycles. The van der Waals surface area contributed by atoms with Crippen molar-refractivity contribution < 1.29 is 4.39 Å². The summed E-state index contributed by atoms with van der Waals surface area (Å²) >= 11 is 0. The fraction of sp³-hybridized carbons (Fsp3) is 0.538. The highest BCUT2D eigenvalue weighted by molar-refractivity contribution is 5.47. The molecule has 1 fully saturated rings. The van der Waals surface area contributed by atoms with Crippen molar-refractivity contribution in [2.24, 2.45) is 0 Å². The predicted molar refractivity (Wildman–Crippen MR) is 65.3 cm³/mol. The van der Waals surface area contributed by atoms with Crippen molar-refractivity contribution >= 4 is 5.69 Å². The van der Waals surface area contributed by atoms with Crippen LogP contribution in [0.4, 0.5) is 10.1 Å². The summed E-state index contributed by atoms with van der Waals surface area (Å²) in [5.41, 5.74) is 1.13. The molecule has 0 aromatic heterocycles. The van der Waals surface area contributed by atoms with Crippen LogP contribution in [-0.2, 0) is 0 Å². The minimum absolute atomic E-state index is 0.165. The molecule has 0 bridgehead atoms.